The molecule has 110 valence electrons. The van der Waals surface area contributed by atoms with E-state index in [1.54, 1.807) is 24.4 Å². The van der Waals surface area contributed by atoms with Gasteiger partial charge in [-0.1, -0.05) is 29.8 Å². The lowest BCUT2D eigenvalue weighted by Crippen LogP contribution is -2.05. The number of aliphatic imine (C=N–C) groups is 2. The number of nitrogens with two attached hydrogens (primary N) is 1. The second-order valence-electron chi connectivity index (χ2n) is 4.57. The Morgan fingerprint density at radius 2 is 2.00 bits per heavy atom. The molecule has 0 amide bonds. The molecule has 1 aliphatic rings. The van der Waals surface area contributed by atoms with Crippen LogP contribution in [0.25, 0.3) is 0 Å². The molecule has 0 atom stereocenters. The van der Waals surface area contributed by atoms with Gasteiger partial charge in [-0.2, -0.15) is 5.84 Å². The zero-order chi connectivity index (χ0) is 15.5. The zero-order valence-corrected chi connectivity index (χ0v) is 12.2. The highest BCUT2D eigenvalue weighted by atomic mass is 35.5. The van der Waals surface area contributed by atoms with E-state index in [0.717, 1.165) is 16.8 Å². The summed E-state index contributed by atoms with van der Waals surface area (Å²) in [5.41, 5.74) is 3.30. The Hall–Kier alpha value is -2.73. The molecule has 0 aromatic heterocycles. The molecule has 22 heavy (non-hydrogen) atoms. The van der Waals surface area contributed by atoms with E-state index in [4.69, 9.17) is 17.4 Å². The molecule has 2 N–H and O–H groups in total. The highest BCUT2D eigenvalue weighted by Gasteiger charge is 2.17. The van der Waals surface area contributed by atoms with Crippen LogP contribution in [0, 0.1) is 5.21 Å². The van der Waals surface area contributed by atoms with Gasteiger partial charge in [0.2, 0.25) is 0 Å². The van der Waals surface area contributed by atoms with Crippen LogP contribution in [-0.4, -0.2) is 23.3 Å². The van der Waals surface area contributed by atoms with Crippen LogP contribution in [0.15, 0.2) is 57.7 Å². The topological polar surface area (TPSA) is 89.2 Å². The number of hydrogen-bond acceptors (Lipinski definition) is 4. The summed E-state index contributed by atoms with van der Waals surface area (Å²) in [4.78, 5) is 9.21. The van der Waals surface area contributed by atoms with E-state index in [0.29, 0.717) is 27.8 Å². The van der Waals surface area contributed by atoms with Gasteiger partial charge in [-0.25, -0.2) is 0 Å². The van der Waals surface area contributed by atoms with E-state index in [2.05, 4.69) is 15.2 Å². The van der Waals surface area contributed by atoms with Crippen molar-refractivity contribution in [3.8, 4) is 0 Å². The minimum atomic E-state index is 0.304. The van der Waals surface area contributed by atoms with Gasteiger partial charge in [0, 0.05) is 28.4 Å². The van der Waals surface area contributed by atoms with E-state index in [1.165, 1.54) is 0 Å². The van der Waals surface area contributed by atoms with Crippen LogP contribution >= 0.6 is 11.6 Å². The summed E-state index contributed by atoms with van der Waals surface area (Å²) in [7, 11) is 0. The predicted molar refractivity (Wildman–Crippen MR) is 86.5 cm³/mol. The fraction of sp³-hybridized carbons (Fsp3) is 0.0667. The molecular weight excluding hydrogens is 302 g/mol. The molecule has 0 saturated heterocycles. The third kappa shape index (κ3) is 2.56. The Bertz CT molecular complexity index is 813. The second kappa shape index (κ2) is 5.95. The summed E-state index contributed by atoms with van der Waals surface area (Å²) in [6, 6.07) is 12.5. The maximum atomic E-state index is 11.5. The van der Waals surface area contributed by atoms with Crippen molar-refractivity contribution in [2.24, 2.45) is 21.1 Å². The predicted octanol–water partition coefficient (Wildman–Crippen LogP) is 3.36. The Morgan fingerprint density at radius 1 is 1.18 bits per heavy atom. The molecule has 1 aliphatic heterocycles. The van der Waals surface area contributed by atoms with Crippen molar-refractivity contribution in [3.63, 3.8) is 0 Å². The molecule has 2 aromatic carbocycles. The molecule has 7 heteroatoms. The number of rotatable bonds is 2. The highest BCUT2D eigenvalue weighted by molar-refractivity contribution is 6.36. The van der Waals surface area contributed by atoms with Crippen LogP contribution < -0.4 is 5.84 Å². The van der Waals surface area contributed by atoms with Gasteiger partial charge in [-0.15, -0.1) is 4.86 Å². The molecule has 0 saturated carbocycles. The monoisotopic (exact) mass is 313 g/mol. The standard InChI is InChI=1S/C15H12ClN5O/c16-13-4-2-1-3-11(13)15-12-6-5-10(21(22)20-17)9-14(12)18-7-8-19-15/h1-7,9H,8,17H2. The summed E-state index contributed by atoms with van der Waals surface area (Å²) < 4.78 is 0. The number of halogens is 1. The van der Waals surface area contributed by atoms with Crippen LogP contribution in [0.2, 0.25) is 5.02 Å². The molecule has 0 bridgehead atoms. The first-order valence-electron chi connectivity index (χ1n) is 6.55. The van der Waals surface area contributed by atoms with Gasteiger partial charge in [0.05, 0.1) is 23.2 Å². The molecule has 0 unspecified atom stereocenters. The Labute approximate surface area is 131 Å². The van der Waals surface area contributed by atoms with Gasteiger partial charge in [-0.3, -0.25) is 9.98 Å². The van der Waals surface area contributed by atoms with E-state index in [1.807, 2.05) is 24.3 Å². The molecule has 6 nitrogen and oxygen atoms in total. The summed E-state index contributed by atoms with van der Waals surface area (Å²) in [6.45, 7) is 0.437. The van der Waals surface area contributed by atoms with Crippen molar-refractivity contribution in [1.82, 2.24) is 0 Å². The molecule has 0 aliphatic carbocycles. The summed E-state index contributed by atoms with van der Waals surface area (Å²) in [5.74, 6) is 5.01. The molecular formula is C15H12ClN5O. The van der Waals surface area contributed by atoms with Crippen molar-refractivity contribution in [3.05, 3.63) is 63.8 Å². The van der Waals surface area contributed by atoms with Crippen molar-refractivity contribution in [2.45, 2.75) is 0 Å². The Balaban J connectivity index is 2.16. The van der Waals surface area contributed by atoms with Crippen LogP contribution in [-0.2, 0) is 0 Å². The summed E-state index contributed by atoms with van der Waals surface area (Å²) in [5, 5.41) is 15.2. The first-order valence-corrected chi connectivity index (χ1v) is 6.93. The van der Waals surface area contributed by atoms with Gasteiger partial charge < -0.3 is 5.21 Å². The SMILES string of the molecule is NN=[N+]([O-])c1ccc2c(c1)N=CCN=C2c1ccccc1Cl. The van der Waals surface area contributed by atoms with Crippen molar-refractivity contribution < 1.29 is 4.86 Å². The van der Waals surface area contributed by atoms with E-state index in [9.17, 15) is 5.21 Å². The van der Waals surface area contributed by atoms with Gasteiger partial charge in [0.25, 0.3) is 0 Å². The lowest BCUT2D eigenvalue weighted by molar-refractivity contribution is -0.443. The van der Waals surface area contributed by atoms with Gasteiger partial charge >= 0.3 is 0 Å². The van der Waals surface area contributed by atoms with E-state index >= 15 is 0 Å². The molecule has 1 heterocycles. The number of hydrogen-bond donors (Lipinski definition) is 1. The van der Waals surface area contributed by atoms with E-state index < -0.39 is 0 Å². The summed E-state index contributed by atoms with van der Waals surface area (Å²) >= 11 is 6.27. The van der Waals surface area contributed by atoms with Crippen LogP contribution in [0.4, 0.5) is 11.4 Å². The van der Waals surface area contributed by atoms with E-state index in [-0.39, 0.29) is 0 Å². The normalized spacial score (nSPS) is 14.2. The summed E-state index contributed by atoms with van der Waals surface area (Å²) in [6.07, 6.45) is 1.68. The molecule has 0 radical (unpaired) electrons. The number of benzene rings is 2. The van der Waals surface area contributed by atoms with Gasteiger partial charge in [0.15, 0.2) is 5.69 Å². The maximum absolute atomic E-state index is 11.5. The average molecular weight is 314 g/mol. The largest absolute Gasteiger partial charge is 0.691 e. The highest BCUT2D eigenvalue weighted by Crippen LogP contribution is 2.30. The fourth-order valence-corrected chi connectivity index (χ4v) is 2.48. The van der Waals surface area contributed by atoms with Crippen molar-refractivity contribution in [1.29, 1.82) is 0 Å². The van der Waals surface area contributed by atoms with Crippen molar-refractivity contribution in [2.75, 3.05) is 6.54 Å². The number of nitrogens with zero attached hydrogens (tertiary/aromatic N) is 4. The third-order valence-electron chi connectivity index (χ3n) is 3.25. The van der Waals surface area contributed by atoms with Crippen LogP contribution in [0.3, 0.4) is 0 Å². The lowest BCUT2D eigenvalue weighted by atomic mass is 10.00. The average Bonchev–Trinajstić information content (AvgIpc) is 2.76. The van der Waals surface area contributed by atoms with Crippen LogP contribution in [0.5, 0.6) is 0 Å². The lowest BCUT2D eigenvalue weighted by Gasteiger charge is -2.11. The molecule has 0 spiro atoms. The quantitative estimate of drug-likeness (QED) is 0.398. The fourth-order valence-electron chi connectivity index (χ4n) is 2.25. The molecule has 2 aromatic rings. The smallest absolute Gasteiger partial charge is 0.156 e. The first kappa shape index (κ1) is 14.2. The Morgan fingerprint density at radius 3 is 2.77 bits per heavy atom. The minimum absolute atomic E-state index is 0.304. The minimum Gasteiger partial charge on any atom is -0.691 e. The van der Waals surface area contributed by atoms with Gasteiger partial charge in [0.1, 0.15) is 0 Å². The van der Waals surface area contributed by atoms with Gasteiger partial charge in [-0.05, 0) is 18.2 Å². The zero-order valence-electron chi connectivity index (χ0n) is 11.5. The second-order valence-corrected chi connectivity index (χ2v) is 4.98. The van der Waals surface area contributed by atoms with Crippen molar-refractivity contribution >= 4 is 34.9 Å². The first-order chi connectivity index (χ1) is 10.7. The molecule has 3 rings (SSSR count). The maximum Gasteiger partial charge on any atom is 0.156 e. The third-order valence-corrected chi connectivity index (χ3v) is 3.58. The van der Waals surface area contributed by atoms with Crippen LogP contribution in [0.1, 0.15) is 11.1 Å². The number of fused-ring (bicyclic) bond motifs is 1. The molecule has 0 fully saturated rings. The Kier molecular flexibility index (Phi) is 3.84.